The Kier molecular flexibility index (Phi) is 5.58. The number of methoxy groups -OCH3 is 4. The second kappa shape index (κ2) is 7.44. The van der Waals surface area contributed by atoms with Gasteiger partial charge in [-0.1, -0.05) is 0 Å². The van der Waals surface area contributed by atoms with Crippen LogP contribution in [0.2, 0.25) is 0 Å². The maximum atomic E-state index is 11.0. The average molecular weight is 324 g/mol. The van der Waals surface area contributed by atoms with E-state index < -0.39 is 5.97 Å². The van der Waals surface area contributed by atoms with E-state index in [1.807, 2.05) is 0 Å². The molecule has 1 aromatic rings. The lowest BCUT2D eigenvalue weighted by Gasteiger charge is -2.21. The molecule has 6 heteroatoms. The summed E-state index contributed by atoms with van der Waals surface area (Å²) in [5, 5.41) is 9.05. The van der Waals surface area contributed by atoms with Gasteiger partial charge in [0.1, 0.15) is 0 Å². The van der Waals surface area contributed by atoms with E-state index in [-0.39, 0.29) is 12.3 Å². The highest BCUT2D eigenvalue weighted by Crippen LogP contribution is 2.51. The highest BCUT2D eigenvalue weighted by atomic mass is 16.5. The van der Waals surface area contributed by atoms with Gasteiger partial charge in [-0.15, -0.1) is 0 Å². The topological polar surface area (TPSA) is 74.2 Å². The molecule has 0 radical (unpaired) electrons. The quantitative estimate of drug-likeness (QED) is 0.811. The van der Waals surface area contributed by atoms with Gasteiger partial charge in [-0.25, -0.2) is 0 Å². The van der Waals surface area contributed by atoms with Gasteiger partial charge in [0.2, 0.25) is 11.5 Å². The molecule has 0 fully saturated rings. The van der Waals surface area contributed by atoms with Crippen molar-refractivity contribution < 1.29 is 28.8 Å². The van der Waals surface area contributed by atoms with E-state index in [4.69, 9.17) is 24.1 Å². The molecule has 0 amide bonds. The molecule has 1 aliphatic carbocycles. The first-order chi connectivity index (χ1) is 11.1. The predicted octanol–water partition coefficient (Wildman–Crippen LogP) is 2.69. The van der Waals surface area contributed by atoms with Crippen LogP contribution in [-0.4, -0.2) is 39.5 Å². The third-order valence-electron chi connectivity index (χ3n) is 4.42. The van der Waals surface area contributed by atoms with Gasteiger partial charge in [-0.05, 0) is 31.6 Å². The zero-order valence-electron chi connectivity index (χ0n) is 14.1. The first-order valence-corrected chi connectivity index (χ1v) is 7.66. The molecule has 6 nitrogen and oxygen atoms in total. The number of carboxylic acids is 1. The van der Waals surface area contributed by atoms with Crippen LogP contribution in [0.4, 0.5) is 0 Å². The summed E-state index contributed by atoms with van der Waals surface area (Å²) in [7, 11) is 6.33. The summed E-state index contributed by atoms with van der Waals surface area (Å²) in [6.45, 7) is 0. The third kappa shape index (κ3) is 3.30. The summed E-state index contributed by atoms with van der Waals surface area (Å²) < 4.78 is 22.1. The predicted molar refractivity (Wildman–Crippen MR) is 85.0 cm³/mol. The molecule has 1 aliphatic rings. The summed E-state index contributed by atoms with van der Waals surface area (Å²) in [6, 6.07) is 0. The standard InChI is InChI=1S/C17H24O6/c1-20-14-11-7-5-10(9-13(18)19)6-8-12(11)15(21-2)17(23-4)16(14)22-3/h10H,5-9H2,1-4H3,(H,18,19). The lowest BCUT2D eigenvalue weighted by molar-refractivity contribution is -0.138. The van der Waals surface area contributed by atoms with E-state index in [2.05, 4.69) is 0 Å². The molecule has 128 valence electrons. The second-order valence-electron chi connectivity index (χ2n) is 5.63. The van der Waals surface area contributed by atoms with Crippen molar-refractivity contribution in [2.45, 2.75) is 32.1 Å². The van der Waals surface area contributed by atoms with Gasteiger partial charge in [0.05, 0.1) is 28.4 Å². The van der Waals surface area contributed by atoms with Crippen molar-refractivity contribution in [3.8, 4) is 23.0 Å². The number of ether oxygens (including phenoxy) is 4. The van der Waals surface area contributed by atoms with Crippen molar-refractivity contribution in [2.24, 2.45) is 5.92 Å². The number of aliphatic carboxylic acids is 1. The van der Waals surface area contributed by atoms with Gasteiger partial charge in [0.15, 0.2) is 11.5 Å². The summed E-state index contributed by atoms with van der Waals surface area (Å²) in [4.78, 5) is 11.0. The fourth-order valence-corrected chi connectivity index (χ4v) is 3.38. The minimum absolute atomic E-state index is 0.145. The van der Waals surface area contributed by atoms with Crippen molar-refractivity contribution >= 4 is 5.97 Å². The van der Waals surface area contributed by atoms with Gasteiger partial charge in [0.25, 0.3) is 0 Å². The lowest BCUT2D eigenvalue weighted by Crippen LogP contribution is -2.08. The molecular formula is C17H24O6. The molecule has 0 aliphatic heterocycles. The molecule has 0 atom stereocenters. The van der Waals surface area contributed by atoms with Crippen LogP contribution in [0.3, 0.4) is 0 Å². The Morgan fingerprint density at radius 1 is 0.870 bits per heavy atom. The minimum atomic E-state index is -0.755. The zero-order chi connectivity index (χ0) is 17.0. The van der Waals surface area contributed by atoms with E-state index in [9.17, 15) is 4.79 Å². The normalized spacial score (nSPS) is 14.6. The van der Waals surface area contributed by atoms with E-state index in [0.717, 1.165) is 36.8 Å². The van der Waals surface area contributed by atoms with Crippen LogP contribution in [0.15, 0.2) is 0 Å². The van der Waals surface area contributed by atoms with Gasteiger partial charge < -0.3 is 24.1 Å². The summed E-state index contributed by atoms with van der Waals surface area (Å²) in [6.07, 6.45) is 3.25. The van der Waals surface area contributed by atoms with Crippen molar-refractivity contribution in [1.82, 2.24) is 0 Å². The molecule has 2 rings (SSSR count). The fraction of sp³-hybridized carbons (Fsp3) is 0.588. The van der Waals surface area contributed by atoms with Crippen LogP contribution in [0, 0.1) is 5.92 Å². The number of hydrogen-bond donors (Lipinski definition) is 1. The second-order valence-corrected chi connectivity index (χ2v) is 5.63. The van der Waals surface area contributed by atoms with Crippen molar-refractivity contribution in [3.63, 3.8) is 0 Å². The van der Waals surface area contributed by atoms with E-state index in [0.29, 0.717) is 23.0 Å². The third-order valence-corrected chi connectivity index (χ3v) is 4.42. The lowest BCUT2D eigenvalue weighted by atomic mass is 9.96. The number of fused-ring (bicyclic) bond motifs is 1. The zero-order valence-corrected chi connectivity index (χ0v) is 14.1. The molecule has 0 saturated heterocycles. The van der Waals surface area contributed by atoms with Crippen molar-refractivity contribution in [2.75, 3.05) is 28.4 Å². The van der Waals surface area contributed by atoms with Crippen LogP contribution in [0.25, 0.3) is 0 Å². The number of carbonyl (C=O) groups is 1. The monoisotopic (exact) mass is 324 g/mol. The van der Waals surface area contributed by atoms with Gasteiger partial charge >= 0.3 is 5.97 Å². The first-order valence-electron chi connectivity index (χ1n) is 7.66. The SMILES string of the molecule is COc1c2c(c(OC)c(OC)c1OC)CCC(CC(=O)O)CC2. The molecule has 1 aromatic carbocycles. The van der Waals surface area contributed by atoms with Crippen LogP contribution in [0.5, 0.6) is 23.0 Å². The summed E-state index contributed by atoms with van der Waals surface area (Å²) in [5.41, 5.74) is 2.05. The minimum Gasteiger partial charge on any atom is -0.492 e. The van der Waals surface area contributed by atoms with Crippen LogP contribution < -0.4 is 18.9 Å². The highest BCUT2D eigenvalue weighted by molar-refractivity contribution is 5.68. The molecule has 0 heterocycles. The van der Waals surface area contributed by atoms with E-state index in [1.165, 1.54) is 0 Å². The molecule has 0 unspecified atom stereocenters. The molecule has 0 aromatic heterocycles. The maximum absolute atomic E-state index is 11.0. The molecular weight excluding hydrogens is 300 g/mol. The number of hydrogen-bond acceptors (Lipinski definition) is 5. The first kappa shape index (κ1) is 17.2. The number of benzene rings is 1. The molecule has 0 spiro atoms. The highest BCUT2D eigenvalue weighted by Gasteiger charge is 2.30. The molecule has 0 bridgehead atoms. The Balaban J connectivity index is 2.52. The van der Waals surface area contributed by atoms with Crippen LogP contribution in [0.1, 0.15) is 30.4 Å². The van der Waals surface area contributed by atoms with Crippen molar-refractivity contribution in [3.05, 3.63) is 11.1 Å². The molecule has 23 heavy (non-hydrogen) atoms. The van der Waals surface area contributed by atoms with Crippen LogP contribution >= 0.6 is 0 Å². The summed E-state index contributed by atoms with van der Waals surface area (Å²) >= 11 is 0. The Hall–Kier alpha value is -2.11. The number of carboxylic acid groups (broad SMARTS) is 1. The van der Waals surface area contributed by atoms with Crippen molar-refractivity contribution in [1.29, 1.82) is 0 Å². The largest absolute Gasteiger partial charge is 0.492 e. The van der Waals surface area contributed by atoms with Gasteiger partial charge in [0, 0.05) is 17.5 Å². The van der Waals surface area contributed by atoms with E-state index in [1.54, 1.807) is 28.4 Å². The molecule has 0 saturated carbocycles. The van der Waals surface area contributed by atoms with Gasteiger partial charge in [-0.2, -0.15) is 0 Å². The maximum Gasteiger partial charge on any atom is 0.303 e. The number of rotatable bonds is 6. The van der Waals surface area contributed by atoms with E-state index >= 15 is 0 Å². The summed E-state index contributed by atoms with van der Waals surface area (Å²) in [5.74, 6) is 1.72. The Bertz CT molecular complexity index is 538. The van der Waals surface area contributed by atoms with Gasteiger partial charge in [-0.3, -0.25) is 4.79 Å². The average Bonchev–Trinajstić information content (AvgIpc) is 2.74. The Morgan fingerprint density at radius 2 is 1.26 bits per heavy atom. The Labute approximate surface area is 136 Å². The fourth-order valence-electron chi connectivity index (χ4n) is 3.38. The van der Waals surface area contributed by atoms with Crippen LogP contribution in [-0.2, 0) is 17.6 Å². The molecule has 1 N–H and O–H groups in total. The smallest absolute Gasteiger partial charge is 0.303 e. The Morgan fingerprint density at radius 3 is 1.57 bits per heavy atom.